The van der Waals surface area contributed by atoms with E-state index in [4.69, 9.17) is 0 Å². The first-order chi connectivity index (χ1) is 18.1. The number of hydroxylamine groups is 2. The number of nitrogens with zero attached hydrogens (tertiary/aromatic N) is 2. The fourth-order valence-electron chi connectivity index (χ4n) is 4.53. The maximum atomic E-state index is 11.7. The van der Waals surface area contributed by atoms with E-state index in [1.165, 1.54) is 11.1 Å². The van der Waals surface area contributed by atoms with Crippen molar-refractivity contribution in [1.82, 2.24) is 15.4 Å². The zero-order chi connectivity index (χ0) is 25.9. The van der Waals surface area contributed by atoms with Crippen LogP contribution in [0.25, 0.3) is 11.1 Å². The van der Waals surface area contributed by atoms with E-state index in [1.54, 1.807) is 6.20 Å². The minimum absolute atomic E-state index is 0.125. The number of nitrogens with one attached hydrogen (secondary N) is 1. The molecule has 0 aliphatic heterocycles. The molecule has 0 radical (unpaired) electrons. The molecule has 6 heteroatoms. The van der Waals surface area contributed by atoms with Crippen molar-refractivity contribution in [2.75, 3.05) is 0 Å². The summed E-state index contributed by atoms with van der Waals surface area (Å²) in [5, 5.41) is 24.0. The van der Waals surface area contributed by atoms with Gasteiger partial charge in [-0.2, -0.15) is 5.06 Å². The van der Waals surface area contributed by atoms with E-state index in [9.17, 15) is 15.1 Å². The Balaban J connectivity index is 1.44. The molecular formula is C31H33N3O3. The largest absolute Gasteiger partial charge is 0.463 e. The molecule has 4 rings (SSSR count). The molecule has 1 aromatic heterocycles. The summed E-state index contributed by atoms with van der Waals surface area (Å²) in [5.41, 5.74) is 5.44. The number of hydrogen-bond acceptors (Lipinski definition) is 4. The molecule has 0 bridgehead atoms. The van der Waals surface area contributed by atoms with E-state index in [0.717, 1.165) is 29.7 Å². The van der Waals surface area contributed by atoms with E-state index in [2.05, 4.69) is 34.6 Å². The summed E-state index contributed by atoms with van der Waals surface area (Å²) in [6.45, 7) is 0.723. The van der Waals surface area contributed by atoms with Crippen molar-refractivity contribution in [1.29, 1.82) is 0 Å². The Morgan fingerprint density at radius 1 is 0.757 bits per heavy atom. The number of hydrogen-bond donors (Lipinski definition) is 3. The Morgan fingerprint density at radius 2 is 1.41 bits per heavy atom. The van der Waals surface area contributed by atoms with Gasteiger partial charge in [0.15, 0.2) is 0 Å². The SMILES string of the molecule is O=C(O)N(O)C(CC[C@@H](Cc1ccccc1)NCc1ccccc1)Cc1ccc(-c2cccnc2)cc1. The van der Waals surface area contributed by atoms with Gasteiger partial charge in [0.05, 0.1) is 6.04 Å². The lowest BCUT2D eigenvalue weighted by Gasteiger charge is -2.27. The molecule has 0 saturated heterocycles. The number of pyridine rings is 1. The quantitative estimate of drug-likeness (QED) is 0.161. The predicted molar refractivity (Wildman–Crippen MR) is 145 cm³/mol. The van der Waals surface area contributed by atoms with Crippen LogP contribution in [0.1, 0.15) is 29.5 Å². The molecule has 3 N–H and O–H groups in total. The van der Waals surface area contributed by atoms with Gasteiger partial charge in [0.2, 0.25) is 0 Å². The second-order valence-corrected chi connectivity index (χ2v) is 9.25. The van der Waals surface area contributed by atoms with E-state index in [0.29, 0.717) is 24.3 Å². The molecule has 1 unspecified atom stereocenters. The zero-order valence-corrected chi connectivity index (χ0v) is 20.8. The molecule has 1 heterocycles. The zero-order valence-electron chi connectivity index (χ0n) is 20.8. The van der Waals surface area contributed by atoms with E-state index in [1.807, 2.05) is 79.0 Å². The van der Waals surface area contributed by atoms with Gasteiger partial charge in [-0.15, -0.1) is 0 Å². The van der Waals surface area contributed by atoms with Gasteiger partial charge in [-0.25, -0.2) is 4.79 Å². The van der Waals surface area contributed by atoms with Crippen molar-refractivity contribution in [3.8, 4) is 11.1 Å². The first-order valence-corrected chi connectivity index (χ1v) is 12.6. The summed E-state index contributed by atoms with van der Waals surface area (Å²) in [6, 6.07) is 31.9. The molecule has 1 amide bonds. The van der Waals surface area contributed by atoms with E-state index in [-0.39, 0.29) is 6.04 Å². The number of carboxylic acid groups (broad SMARTS) is 1. The van der Waals surface area contributed by atoms with Gasteiger partial charge < -0.3 is 10.4 Å². The third-order valence-electron chi connectivity index (χ3n) is 6.57. The molecule has 0 aliphatic rings. The van der Waals surface area contributed by atoms with Crippen molar-refractivity contribution in [2.45, 2.75) is 44.3 Å². The lowest BCUT2D eigenvalue weighted by atomic mass is 9.95. The Labute approximate surface area is 218 Å². The highest BCUT2D eigenvalue weighted by Gasteiger charge is 2.24. The van der Waals surface area contributed by atoms with Crippen LogP contribution in [0.4, 0.5) is 4.79 Å². The molecule has 2 atom stereocenters. The minimum atomic E-state index is -1.34. The van der Waals surface area contributed by atoms with Crippen LogP contribution in [0.5, 0.6) is 0 Å². The average molecular weight is 496 g/mol. The van der Waals surface area contributed by atoms with Crippen molar-refractivity contribution >= 4 is 6.09 Å². The van der Waals surface area contributed by atoms with Crippen LogP contribution in [-0.4, -0.2) is 38.5 Å². The molecule has 0 aliphatic carbocycles. The van der Waals surface area contributed by atoms with Crippen LogP contribution in [0.2, 0.25) is 0 Å². The van der Waals surface area contributed by atoms with Gasteiger partial charge in [0.1, 0.15) is 0 Å². The fourth-order valence-corrected chi connectivity index (χ4v) is 4.53. The number of benzene rings is 3. The van der Waals surface area contributed by atoms with Crippen molar-refractivity contribution in [3.05, 3.63) is 126 Å². The molecule has 0 fully saturated rings. The fraction of sp³-hybridized carbons (Fsp3) is 0.226. The molecule has 6 nitrogen and oxygen atoms in total. The van der Waals surface area contributed by atoms with Gasteiger partial charge in [0, 0.05) is 25.0 Å². The Bertz CT molecular complexity index is 1220. The van der Waals surface area contributed by atoms with Crippen LogP contribution in [0.3, 0.4) is 0 Å². The topological polar surface area (TPSA) is 85.7 Å². The third kappa shape index (κ3) is 8.00. The Kier molecular flexibility index (Phi) is 9.41. The highest BCUT2D eigenvalue weighted by atomic mass is 16.6. The van der Waals surface area contributed by atoms with Crippen molar-refractivity contribution < 1.29 is 15.1 Å². The van der Waals surface area contributed by atoms with Crippen LogP contribution in [0.15, 0.2) is 109 Å². The summed E-state index contributed by atoms with van der Waals surface area (Å²) in [4.78, 5) is 15.8. The van der Waals surface area contributed by atoms with Crippen LogP contribution in [0, 0.1) is 0 Å². The second kappa shape index (κ2) is 13.3. The summed E-state index contributed by atoms with van der Waals surface area (Å²) in [7, 11) is 0. The number of carbonyl (C=O) groups is 1. The van der Waals surface area contributed by atoms with Crippen molar-refractivity contribution in [3.63, 3.8) is 0 Å². The summed E-state index contributed by atoms with van der Waals surface area (Å²) < 4.78 is 0. The van der Waals surface area contributed by atoms with Crippen LogP contribution < -0.4 is 5.32 Å². The Morgan fingerprint density at radius 3 is 2.03 bits per heavy atom. The summed E-state index contributed by atoms with van der Waals surface area (Å²) in [6.07, 6.45) is 4.69. The Hall–Kier alpha value is -4.00. The molecule has 37 heavy (non-hydrogen) atoms. The summed E-state index contributed by atoms with van der Waals surface area (Å²) >= 11 is 0. The highest BCUT2D eigenvalue weighted by molar-refractivity contribution is 5.64. The normalized spacial score (nSPS) is 12.6. The number of amides is 1. The highest BCUT2D eigenvalue weighted by Crippen LogP contribution is 2.21. The van der Waals surface area contributed by atoms with Gasteiger partial charge in [-0.05, 0) is 59.6 Å². The van der Waals surface area contributed by atoms with Crippen molar-refractivity contribution in [2.24, 2.45) is 0 Å². The van der Waals surface area contributed by atoms with Gasteiger partial charge >= 0.3 is 6.09 Å². The monoisotopic (exact) mass is 495 g/mol. The molecule has 0 spiro atoms. The van der Waals surface area contributed by atoms with Gasteiger partial charge in [0.25, 0.3) is 0 Å². The minimum Gasteiger partial charge on any atom is -0.463 e. The molecule has 0 saturated carbocycles. The molecule has 3 aromatic carbocycles. The maximum absolute atomic E-state index is 11.7. The predicted octanol–water partition coefficient (Wildman–Crippen LogP) is 6.21. The van der Waals surface area contributed by atoms with Crippen LogP contribution in [-0.2, 0) is 19.4 Å². The lowest BCUT2D eigenvalue weighted by Crippen LogP contribution is -2.40. The molecule has 190 valence electrons. The lowest BCUT2D eigenvalue weighted by molar-refractivity contribution is -0.0986. The van der Waals surface area contributed by atoms with Crippen LogP contribution >= 0.6 is 0 Å². The van der Waals surface area contributed by atoms with Gasteiger partial charge in [-0.1, -0.05) is 91.0 Å². The maximum Gasteiger partial charge on any atom is 0.431 e. The first-order valence-electron chi connectivity index (χ1n) is 12.6. The smallest absolute Gasteiger partial charge is 0.431 e. The molecular weight excluding hydrogens is 462 g/mol. The standard InChI is InChI=1S/C31H33N3O3/c35-31(36)34(37)30(21-25-13-15-27(16-14-25)28-12-7-19-32-23-28)18-17-29(20-24-8-3-1-4-9-24)33-22-26-10-5-2-6-11-26/h1-16,19,23,29-30,33,37H,17-18,20-22H2,(H,35,36)/t29-,30?/m0/s1. The van der Waals surface area contributed by atoms with E-state index < -0.39 is 12.1 Å². The third-order valence-corrected chi connectivity index (χ3v) is 6.57. The average Bonchev–Trinajstić information content (AvgIpc) is 2.95. The molecule has 4 aromatic rings. The number of aromatic nitrogens is 1. The first kappa shape index (κ1) is 26.1. The number of rotatable bonds is 12. The second-order valence-electron chi connectivity index (χ2n) is 9.25. The van der Waals surface area contributed by atoms with Gasteiger partial charge in [-0.3, -0.25) is 10.2 Å². The summed E-state index contributed by atoms with van der Waals surface area (Å²) in [5.74, 6) is 0. The van der Waals surface area contributed by atoms with E-state index >= 15 is 0 Å².